The summed E-state index contributed by atoms with van der Waals surface area (Å²) in [5.41, 5.74) is 5.88. The molecule has 1 aliphatic heterocycles. The van der Waals surface area contributed by atoms with Crippen molar-refractivity contribution in [2.24, 2.45) is 5.92 Å². The molecule has 44 heavy (non-hydrogen) atoms. The molecule has 15 heteroatoms. The van der Waals surface area contributed by atoms with E-state index in [1.165, 1.54) is 0 Å². The van der Waals surface area contributed by atoms with Crippen LogP contribution in [0.3, 0.4) is 0 Å². The predicted molar refractivity (Wildman–Crippen MR) is 194 cm³/mol. The number of allylic oxidation sites excluding steroid dienone is 1. The number of ether oxygens (including phenoxy) is 2. The minimum Gasteiger partial charge on any atom is -0.496 e. The highest BCUT2D eigenvalue weighted by atomic mass is 32.1. The first-order chi connectivity index (χ1) is 20.7. The average molecular weight is 606 g/mol. The first-order valence-electron chi connectivity index (χ1n) is 15.5. The van der Waals surface area contributed by atoms with Gasteiger partial charge in [0, 0.05) is 40.1 Å². The van der Waals surface area contributed by atoms with E-state index in [-0.39, 0.29) is 35.6 Å². The highest BCUT2D eigenvalue weighted by Gasteiger charge is 2.41. The zero-order valence-corrected chi connectivity index (χ0v) is 28.4. The Balaban J connectivity index is 1.60. The smallest absolute Gasteiger partial charge is 0.273 e. The summed E-state index contributed by atoms with van der Waals surface area (Å²) >= 11 is 1.59. The van der Waals surface area contributed by atoms with Gasteiger partial charge in [-0.05, 0) is 61.1 Å². The van der Waals surface area contributed by atoms with Gasteiger partial charge < -0.3 is 19.7 Å². The number of aromatic nitrogens is 2. The third kappa shape index (κ3) is 6.58. The molecule has 224 valence electrons. The number of nitrogens with one attached hydrogen (secondary N) is 1. The average Bonchev–Trinajstić information content (AvgIpc) is 3.59. The van der Waals surface area contributed by atoms with Crippen LogP contribution in [-0.2, 0) is 11.4 Å². The van der Waals surface area contributed by atoms with Gasteiger partial charge in [-0.1, -0.05) is 18.1 Å². The molecule has 2 atom stereocenters. The molecule has 0 radical (unpaired) electrons. The Kier molecular flexibility index (Phi) is 9.00. The number of amides is 2. The molecule has 1 saturated carbocycles. The molecule has 0 spiro atoms. The Morgan fingerprint density at radius 1 is 1.18 bits per heavy atom. The molecule has 2 aromatic heterocycles. The lowest BCUT2D eigenvalue weighted by atomic mass is 9.47. The van der Waals surface area contributed by atoms with Gasteiger partial charge in [0.15, 0.2) is 5.69 Å². The fourth-order valence-corrected chi connectivity index (χ4v) is 7.09. The minimum absolute atomic E-state index is 0.0650. The van der Waals surface area contributed by atoms with Gasteiger partial charge in [-0.25, -0.2) is 4.68 Å². The number of fused-ring (bicyclic) bond motifs is 3. The topological polar surface area (TPSA) is 85.7 Å². The highest BCUT2D eigenvalue weighted by molar-refractivity contribution is 7.08. The second kappa shape index (κ2) is 12.3. The van der Waals surface area contributed by atoms with E-state index >= 15 is 0 Å². The molecule has 8 nitrogen and oxygen atoms in total. The van der Waals surface area contributed by atoms with Crippen molar-refractivity contribution in [2.75, 3.05) is 7.11 Å². The Morgan fingerprint density at radius 3 is 2.55 bits per heavy atom. The van der Waals surface area contributed by atoms with Crippen LogP contribution < -0.4 is 14.8 Å². The monoisotopic (exact) mass is 606 g/mol. The van der Waals surface area contributed by atoms with Gasteiger partial charge in [-0.3, -0.25) is 9.59 Å². The number of nitrogens with zero attached hydrogens (tertiary/aromatic N) is 3. The van der Waals surface area contributed by atoms with Crippen molar-refractivity contribution in [3.8, 4) is 28.4 Å². The third-order valence-corrected chi connectivity index (χ3v) is 8.83. The van der Waals surface area contributed by atoms with Gasteiger partial charge in [0.1, 0.15) is 65.2 Å². The molecule has 1 aliphatic carbocycles. The maximum absolute atomic E-state index is 14.7. The molecule has 0 saturated heterocycles. The summed E-state index contributed by atoms with van der Waals surface area (Å²) in [6.07, 6.45) is 5.28. The van der Waals surface area contributed by atoms with E-state index in [1.807, 2.05) is 56.0 Å². The summed E-state index contributed by atoms with van der Waals surface area (Å²) in [6.45, 7) is 4.33. The molecular weight excluding hydrogens is 565 g/mol. The van der Waals surface area contributed by atoms with Crippen molar-refractivity contribution in [2.45, 2.75) is 62.7 Å². The first kappa shape index (κ1) is 32.2. The van der Waals surface area contributed by atoms with Gasteiger partial charge in [0.05, 0.1) is 18.5 Å². The summed E-state index contributed by atoms with van der Waals surface area (Å²) in [6, 6.07) is 5.92. The van der Waals surface area contributed by atoms with Crippen LogP contribution in [-0.4, -0.2) is 97.2 Å². The molecule has 3 heterocycles. The predicted octanol–water partition coefficient (Wildman–Crippen LogP) is -0.937. The van der Waals surface area contributed by atoms with E-state index in [9.17, 15) is 9.59 Å². The number of hydrogen-bond donors (Lipinski definition) is 1. The summed E-state index contributed by atoms with van der Waals surface area (Å²) in [5, 5.41) is 11.4. The fraction of sp³-hybridized carbons (Fsp3) is 0.414. The molecule has 0 bridgehead atoms. The number of benzene rings is 1. The third-order valence-electron chi connectivity index (χ3n) is 8.16. The number of thiophene rings is 1. The Morgan fingerprint density at radius 2 is 1.93 bits per heavy atom. The SMILES string of the molecule is BC(B)(B)NC(=O)[C@H]1CCC[C@@H](N(C(=O)c2nn(-c3ccsc3)c3c2COc2cc(OC)c(C=C(C)C)cc2-3)C(B)(B)B)C1. The van der Waals surface area contributed by atoms with Crippen molar-refractivity contribution >= 4 is 76.3 Å². The fourth-order valence-electron chi connectivity index (χ4n) is 6.47. The van der Waals surface area contributed by atoms with E-state index in [0.717, 1.165) is 58.7 Å². The molecule has 2 amide bonds. The molecular formula is C29H40B6N4O4S. The standard InChI is InChI=1S/C29H40B6N4O4S/c1-15(2)9-17-11-20-23(12-22(17)42-3)43-13-21-24(37-39(25(20)21)19-7-8-44-14-19)27(41)38(29(33,34)35)18-6-4-5-16(10-18)26(40)36-28(30,31)32/h7-9,11-12,14,16,18H,4-6,10,13,30-35H2,1-3H3,(H,36,40)/t16-,18+/m0/s1. The molecule has 1 fully saturated rings. The van der Waals surface area contributed by atoms with Crippen molar-refractivity contribution in [3.63, 3.8) is 0 Å². The van der Waals surface area contributed by atoms with Crippen molar-refractivity contribution in [3.05, 3.63) is 51.4 Å². The van der Waals surface area contributed by atoms with Crippen LogP contribution in [0.5, 0.6) is 11.5 Å². The highest BCUT2D eigenvalue weighted by Crippen LogP contribution is 2.44. The van der Waals surface area contributed by atoms with Gasteiger partial charge in [0.25, 0.3) is 5.91 Å². The largest absolute Gasteiger partial charge is 0.496 e. The Labute approximate surface area is 270 Å². The van der Waals surface area contributed by atoms with E-state index in [1.54, 1.807) is 18.4 Å². The molecule has 0 unspecified atom stereocenters. The van der Waals surface area contributed by atoms with Crippen molar-refractivity contribution in [1.29, 1.82) is 0 Å². The maximum Gasteiger partial charge on any atom is 0.273 e. The number of carbonyl (C=O) groups is 2. The van der Waals surface area contributed by atoms with Crippen LogP contribution in [0.25, 0.3) is 23.0 Å². The molecule has 2 aliphatic rings. The lowest BCUT2D eigenvalue weighted by molar-refractivity contribution is -0.126. The lowest BCUT2D eigenvalue weighted by Crippen LogP contribution is -2.60. The molecule has 3 aromatic rings. The minimum atomic E-state index is -0.486. The normalized spacial score (nSPS) is 17.9. The van der Waals surface area contributed by atoms with Crippen LogP contribution in [0.15, 0.2) is 34.5 Å². The van der Waals surface area contributed by atoms with Crippen LogP contribution in [0.2, 0.25) is 0 Å². The van der Waals surface area contributed by atoms with E-state index in [2.05, 4.69) is 54.8 Å². The van der Waals surface area contributed by atoms with Crippen LogP contribution in [0.4, 0.5) is 0 Å². The van der Waals surface area contributed by atoms with Crippen LogP contribution in [0.1, 0.15) is 61.1 Å². The molecule has 5 rings (SSSR count). The zero-order valence-electron chi connectivity index (χ0n) is 27.5. The second-order valence-electron chi connectivity index (χ2n) is 14.3. The van der Waals surface area contributed by atoms with Crippen LogP contribution in [0, 0.1) is 5.92 Å². The summed E-state index contributed by atoms with van der Waals surface area (Å²) in [4.78, 5) is 29.9. The maximum atomic E-state index is 14.7. The summed E-state index contributed by atoms with van der Waals surface area (Å²) in [5.74, 6) is 1.22. The Bertz CT molecular complexity index is 1590. The second-order valence-corrected chi connectivity index (χ2v) is 15.1. The van der Waals surface area contributed by atoms with Crippen molar-refractivity contribution in [1.82, 2.24) is 20.0 Å². The van der Waals surface area contributed by atoms with Gasteiger partial charge in [-0.15, -0.1) is 0 Å². The zero-order chi connectivity index (χ0) is 32.0. The number of carbonyl (C=O) groups excluding carboxylic acids is 2. The Hall–Kier alpha value is -3.20. The van der Waals surface area contributed by atoms with Gasteiger partial charge in [-0.2, -0.15) is 16.4 Å². The molecule has 1 aromatic carbocycles. The van der Waals surface area contributed by atoms with Crippen LogP contribution >= 0.6 is 11.3 Å². The lowest BCUT2D eigenvalue weighted by Gasteiger charge is -2.45. The van der Waals surface area contributed by atoms with E-state index in [0.29, 0.717) is 17.9 Å². The van der Waals surface area contributed by atoms with Gasteiger partial charge in [0.2, 0.25) is 5.91 Å². The number of methoxy groups -OCH3 is 1. The quantitative estimate of drug-likeness (QED) is 0.336. The van der Waals surface area contributed by atoms with E-state index in [4.69, 9.17) is 14.6 Å². The molecule has 1 N–H and O–H groups in total. The number of hydrogen-bond acceptors (Lipinski definition) is 6. The number of rotatable bonds is 8. The van der Waals surface area contributed by atoms with E-state index < -0.39 is 5.24 Å². The first-order valence-corrected chi connectivity index (χ1v) is 16.4. The van der Waals surface area contributed by atoms with Gasteiger partial charge >= 0.3 is 0 Å². The summed E-state index contributed by atoms with van der Waals surface area (Å²) < 4.78 is 13.9. The summed E-state index contributed by atoms with van der Waals surface area (Å²) in [7, 11) is 13.9. The van der Waals surface area contributed by atoms with Crippen molar-refractivity contribution < 1.29 is 19.1 Å².